The van der Waals surface area contributed by atoms with Crippen molar-refractivity contribution in [3.05, 3.63) is 23.8 Å². The number of Topliss-reactive ketones (excluding diaryl/α,β-unsaturated/α-hetero) is 1. The van der Waals surface area contributed by atoms with Gasteiger partial charge in [0.2, 0.25) is 6.79 Å². The molecule has 1 aromatic carbocycles. The summed E-state index contributed by atoms with van der Waals surface area (Å²) in [5, 5.41) is 0. The number of rotatable bonds is 5. The van der Waals surface area contributed by atoms with Crippen LogP contribution in [0.4, 0.5) is 0 Å². The van der Waals surface area contributed by atoms with Crippen LogP contribution in [0.25, 0.3) is 0 Å². The van der Waals surface area contributed by atoms with Crippen LogP contribution < -0.4 is 9.47 Å². The highest BCUT2D eigenvalue weighted by molar-refractivity contribution is 5.82. The average Bonchev–Trinajstić information content (AvgIpc) is 2.82. The minimum absolute atomic E-state index is 0.116. The normalized spacial score (nSPS) is 14.7. The Morgan fingerprint density at radius 2 is 2.18 bits per heavy atom. The predicted molar refractivity (Wildman–Crippen MR) is 62.1 cm³/mol. The van der Waals surface area contributed by atoms with Crippen molar-refractivity contribution in [2.24, 2.45) is 0 Å². The SMILES string of the molecule is CCC(=O)C(C)OCc1ccc2c(c1)OCO2. The largest absolute Gasteiger partial charge is 0.454 e. The fourth-order valence-corrected chi connectivity index (χ4v) is 1.63. The summed E-state index contributed by atoms with van der Waals surface area (Å²) >= 11 is 0. The number of ether oxygens (including phenoxy) is 3. The van der Waals surface area contributed by atoms with E-state index >= 15 is 0 Å². The summed E-state index contributed by atoms with van der Waals surface area (Å²) < 4.78 is 16.0. The first-order chi connectivity index (χ1) is 8.20. The van der Waals surface area contributed by atoms with Crippen LogP contribution in [0.15, 0.2) is 18.2 Å². The van der Waals surface area contributed by atoms with Crippen LogP contribution in [-0.2, 0) is 16.1 Å². The van der Waals surface area contributed by atoms with E-state index in [1.165, 1.54) is 0 Å². The van der Waals surface area contributed by atoms with Crippen molar-refractivity contribution in [3.8, 4) is 11.5 Å². The molecule has 0 saturated heterocycles. The molecule has 0 saturated carbocycles. The standard InChI is InChI=1S/C13H16O4/c1-3-11(14)9(2)15-7-10-4-5-12-13(6-10)17-8-16-12/h4-6,9H,3,7-8H2,1-2H3. The Morgan fingerprint density at radius 3 is 2.94 bits per heavy atom. The summed E-state index contributed by atoms with van der Waals surface area (Å²) in [6, 6.07) is 5.65. The molecule has 0 radical (unpaired) electrons. The van der Waals surface area contributed by atoms with Crippen LogP contribution in [0, 0.1) is 0 Å². The topological polar surface area (TPSA) is 44.8 Å². The van der Waals surface area contributed by atoms with Crippen molar-refractivity contribution in [2.75, 3.05) is 6.79 Å². The highest BCUT2D eigenvalue weighted by Crippen LogP contribution is 2.32. The van der Waals surface area contributed by atoms with Crippen molar-refractivity contribution < 1.29 is 19.0 Å². The molecule has 1 aliphatic rings. The Hall–Kier alpha value is -1.55. The molecule has 1 atom stereocenters. The van der Waals surface area contributed by atoms with E-state index in [0.717, 1.165) is 17.1 Å². The lowest BCUT2D eigenvalue weighted by atomic mass is 10.2. The van der Waals surface area contributed by atoms with E-state index in [1.807, 2.05) is 25.1 Å². The minimum atomic E-state index is -0.356. The third-order valence-electron chi connectivity index (χ3n) is 2.74. The summed E-state index contributed by atoms with van der Waals surface area (Å²) in [6.45, 7) is 4.29. The van der Waals surface area contributed by atoms with Gasteiger partial charge >= 0.3 is 0 Å². The first-order valence-electron chi connectivity index (χ1n) is 5.73. The molecule has 0 fully saturated rings. The van der Waals surface area contributed by atoms with Gasteiger partial charge in [0, 0.05) is 6.42 Å². The zero-order chi connectivity index (χ0) is 12.3. The molecule has 0 spiro atoms. The van der Waals surface area contributed by atoms with Gasteiger partial charge in [-0.1, -0.05) is 13.0 Å². The van der Waals surface area contributed by atoms with Crippen LogP contribution in [0.1, 0.15) is 25.8 Å². The molecule has 2 rings (SSSR count). The third-order valence-corrected chi connectivity index (χ3v) is 2.74. The quantitative estimate of drug-likeness (QED) is 0.786. The van der Waals surface area contributed by atoms with E-state index in [1.54, 1.807) is 6.92 Å². The van der Waals surface area contributed by atoms with Crippen LogP contribution in [0.5, 0.6) is 11.5 Å². The number of carbonyl (C=O) groups is 1. The van der Waals surface area contributed by atoms with Gasteiger partial charge in [-0.25, -0.2) is 0 Å². The van der Waals surface area contributed by atoms with Crippen LogP contribution in [0.3, 0.4) is 0 Å². The molecule has 1 aromatic rings. The van der Waals surface area contributed by atoms with E-state index in [-0.39, 0.29) is 18.7 Å². The fraction of sp³-hybridized carbons (Fsp3) is 0.462. The molecule has 4 nitrogen and oxygen atoms in total. The fourth-order valence-electron chi connectivity index (χ4n) is 1.63. The van der Waals surface area contributed by atoms with Crippen LogP contribution in [0.2, 0.25) is 0 Å². The number of benzene rings is 1. The van der Waals surface area contributed by atoms with Crippen molar-refractivity contribution in [1.29, 1.82) is 0 Å². The van der Waals surface area contributed by atoms with Crippen molar-refractivity contribution in [1.82, 2.24) is 0 Å². The average molecular weight is 236 g/mol. The summed E-state index contributed by atoms with van der Waals surface area (Å²) in [4.78, 5) is 11.4. The summed E-state index contributed by atoms with van der Waals surface area (Å²) in [5.74, 6) is 1.61. The Balaban J connectivity index is 1.93. The lowest BCUT2D eigenvalue weighted by molar-refractivity contribution is -0.129. The van der Waals surface area contributed by atoms with Crippen molar-refractivity contribution >= 4 is 5.78 Å². The molecule has 4 heteroatoms. The predicted octanol–water partition coefficient (Wildman–Crippen LogP) is 2.30. The zero-order valence-electron chi connectivity index (χ0n) is 10.1. The zero-order valence-corrected chi connectivity index (χ0v) is 10.1. The maximum atomic E-state index is 11.4. The summed E-state index contributed by atoms with van der Waals surface area (Å²) in [6.07, 6.45) is 0.146. The molecule has 1 unspecified atom stereocenters. The molecule has 0 bridgehead atoms. The van der Waals surface area contributed by atoms with Gasteiger partial charge in [-0.2, -0.15) is 0 Å². The first-order valence-corrected chi connectivity index (χ1v) is 5.73. The monoisotopic (exact) mass is 236 g/mol. The third kappa shape index (κ3) is 2.77. The number of hydrogen-bond donors (Lipinski definition) is 0. The minimum Gasteiger partial charge on any atom is -0.454 e. The van der Waals surface area contributed by atoms with Crippen molar-refractivity contribution in [2.45, 2.75) is 33.0 Å². The van der Waals surface area contributed by atoms with Crippen LogP contribution >= 0.6 is 0 Å². The van der Waals surface area contributed by atoms with Crippen molar-refractivity contribution in [3.63, 3.8) is 0 Å². The van der Waals surface area contributed by atoms with E-state index < -0.39 is 0 Å². The number of hydrogen-bond acceptors (Lipinski definition) is 4. The Bertz CT molecular complexity index is 414. The maximum absolute atomic E-state index is 11.4. The Labute approximate surface area is 100 Å². The second-order valence-corrected chi connectivity index (χ2v) is 3.96. The Kier molecular flexibility index (Phi) is 3.64. The maximum Gasteiger partial charge on any atom is 0.231 e. The van der Waals surface area contributed by atoms with Gasteiger partial charge in [-0.3, -0.25) is 4.79 Å². The van der Waals surface area contributed by atoms with E-state index in [0.29, 0.717) is 13.0 Å². The molecule has 1 aliphatic heterocycles. The van der Waals surface area contributed by atoms with Gasteiger partial charge in [0.1, 0.15) is 6.10 Å². The van der Waals surface area contributed by atoms with E-state index in [4.69, 9.17) is 14.2 Å². The lowest BCUT2D eigenvalue weighted by Gasteiger charge is -2.11. The number of ketones is 1. The van der Waals surface area contributed by atoms with Gasteiger partial charge < -0.3 is 14.2 Å². The summed E-state index contributed by atoms with van der Waals surface area (Å²) in [7, 11) is 0. The smallest absolute Gasteiger partial charge is 0.231 e. The molecule has 0 amide bonds. The molecule has 0 aliphatic carbocycles. The lowest BCUT2D eigenvalue weighted by Crippen LogP contribution is -2.19. The van der Waals surface area contributed by atoms with Gasteiger partial charge in [0.15, 0.2) is 17.3 Å². The molecular weight excluding hydrogens is 220 g/mol. The molecule has 1 heterocycles. The number of carbonyl (C=O) groups excluding carboxylic acids is 1. The second-order valence-electron chi connectivity index (χ2n) is 3.96. The second kappa shape index (κ2) is 5.19. The molecule has 0 N–H and O–H groups in total. The molecule has 0 aromatic heterocycles. The van der Waals surface area contributed by atoms with E-state index in [9.17, 15) is 4.79 Å². The highest BCUT2D eigenvalue weighted by Gasteiger charge is 2.15. The van der Waals surface area contributed by atoms with Gasteiger partial charge in [-0.15, -0.1) is 0 Å². The molecule has 17 heavy (non-hydrogen) atoms. The van der Waals surface area contributed by atoms with Gasteiger partial charge in [0.25, 0.3) is 0 Å². The number of fused-ring (bicyclic) bond motifs is 1. The Morgan fingerprint density at radius 1 is 1.41 bits per heavy atom. The molecular formula is C13H16O4. The van der Waals surface area contributed by atoms with Gasteiger partial charge in [-0.05, 0) is 24.6 Å². The van der Waals surface area contributed by atoms with Gasteiger partial charge in [0.05, 0.1) is 6.61 Å². The van der Waals surface area contributed by atoms with Crippen LogP contribution in [-0.4, -0.2) is 18.7 Å². The first kappa shape index (κ1) is 11.9. The summed E-state index contributed by atoms with van der Waals surface area (Å²) in [5.41, 5.74) is 0.977. The molecule has 92 valence electrons. The highest BCUT2D eigenvalue weighted by atomic mass is 16.7. The van der Waals surface area contributed by atoms with E-state index in [2.05, 4.69) is 0 Å².